The Morgan fingerprint density at radius 2 is 1.84 bits per heavy atom. The first-order valence-corrected chi connectivity index (χ1v) is 14.3. The molecule has 8 nitrogen and oxygen atoms in total. The Kier molecular flexibility index (Phi) is 6.29. The van der Waals surface area contributed by atoms with E-state index in [2.05, 4.69) is 38.3 Å². The Labute approximate surface area is 223 Å². The van der Waals surface area contributed by atoms with Crippen LogP contribution in [0.25, 0.3) is 32.9 Å². The quantitative estimate of drug-likeness (QED) is 0.268. The van der Waals surface area contributed by atoms with E-state index in [1.807, 2.05) is 35.1 Å². The minimum Gasteiger partial charge on any atom is -0.389 e. The summed E-state index contributed by atoms with van der Waals surface area (Å²) in [5.41, 5.74) is 3.63. The first-order chi connectivity index (χ1) is 17.4. The zero-order chi connectivity index (χ0) is 26.5. The molecule has 0 unspecified atom stereocenters. The van der Waals surface area contributed by atoms with Gasteiger partial charge in [-0.05, 0) is 78.7 Å². The lowest BCUT2D eigenvalue weighted by atomic mass is 9.98. The second-order valence-corrected chi connectivity index (χ2v) is 12.6. The topological polar surface area (TPSA) is 110 Å². The molecule has 190 valence electrons. The average molecular weight is 581 g/mol. The molecule has 3 aromatic heterocycles. The molecule has 0 radical (unpaired) electrons. The van der Waals surface area contributed by atoms with Crippen molar-refractivity contribution in [3.05, 3.63) is 71.1 Å². The number of sulfone groups is 1. The molecule has 10 heteroatoms. The van der Waals surface area contributed by atoms with Crippen LogP contribution >= 0.6 is 15.9 Å². The highest BCUT2D eigenvalue weighted by Crippen LogP contribution is 2.35. The molecular formula is C27H26BrN5O3S. The van der Waals surface area contributed by atoms with E-state index in [1.54, 1.807) is 44.4 Å². The number of aliphatic hydroxyl groups is 1. The van der Waals surface area contributed by atoms with Crippen molar-refractivity contribution in [1.82, 2.24) is 19.7 Å². The highest BCUT2D eigenvalue weighted by atomic mass is 79.9. The lowest BCUT2D eigenvalue weighted by molar-refractivity contribution is 0.0591. The summed E-state index contributed by atoms with van der Waals surface area (Å²) in [6, 6.07) is 12.8. The van der Waals surface area contributed by atoms with Gasteiger partial charge in [-0.1, -0.05) is 6.07 Å². The fourth-order valence-electron chi connectivity index (χ4n) is 4.36. The van der Waals surface area contributed by atoms with Gasteiger partial charge in [0.05, 0.1) is 40.1 Å². The molecule has 0 bridgehead atoms. The molecule has 5 rings (SSSR count). The molecule has 0 aliphatic heterocycles. The summed E-state index contributed by atoms with van der Waals surface area (Å²) in [5, 5.41) is 20.9. The Hall–Kier alpha value is -3.34. The normalized spacial score (nSPS) is 12.4. The molecule has 37 heavy (non-hydrogen) atoms. The van der Waals surface area contributed by atoms with Crippen molar-refractivity contribution >= 4 is 58.9 Å². The van der Waals surface area contributed by atoms with Crippen LogP contribution in [0.5, 0.6) is 0 Å². The number of hydrogen-bond donors (Lipinski definition) is 2. The number of hydrogen-bond acceptors (Lipinski definition) is 7. The van der Waals surface area contributed by atoms with Gasteiger partial charge in [-0.2, -0.15) is 5.10 Å². The molecule has 0 saturated heterocycles. The molecular weight excluding hydrogens is 554 g/mol. The van der Waals surface area contributed by atoms with Crippen molar-refractivity contribution in [3.8, 4) is 11.3 Å². The summed E-state index contributed by atoms with van der Waals surface area (Å²) in [6.07, 6.45) is 6.57. The van der Waals surface area contributed by atoms with E-state index in [9.17, 15) is 13.5 Å². The third-order valence-corrected chi connectivity index (χ3v) is 7.93. The summed E-state index contributed by atoms with van der Waals surface area (Å²) < 4.78 is 26.2. The van der Waals surface area contributed by atoms with Crippen LogP contribution in [0.4, 0.5) is 11.5 Å². The molecule has 0 saturated carbocycles. The van der Waals surface area contributed by atoms with Gasteiger partial charge in [0.1, 0.15) is 5.82 Å². The van der Waals surface area contributed by atoms with Crippen LogP contribution in [0.1, 0.15) is 19.4 Å². The Balaban J connectivity index is 1.56. The number of anilines is 2. The highest BCUT2D eigenvalue weighted by Gasteiger charge is 2.18. The van der Waals surface area contributed by atoms with Gasteiger partial charge in [0, 0.05) is 44.8 Å². The van der Waals surface area contributed by atoms with Gasteiger partial charge in [-0.25, -0.2) is 13.4 Å². The Bertz CT molecular complexity index is 1780. The maximum Gasteiger partial charge on any atom is 0.175 e. The van der Waals surface area contributed by atoms with E-state index >= 15 is 0 Å². The number of nitrogens with zero attached hydrogens (tertiary/aromatic N) is 4. The maximum atomic E-state index is 11.9. The van der Waals surface area contributed by atoms with E-state index in [0.717, 1.165) is 38.5 Å². The van der Waals surface area contributed by atoms with Gasteiger partial charge in [0.15, 0.2) is 9.84 Å². The zero-order valence-corrected chi connectivity index (χ0v) is 23.2. The minimum absolute atomic E-state index is 0.236. The fraction of sp³-hybridized carbons (Fsp3) is 0.222. The molecule has 0 amide bonds. The van der Waals surface area contributed by atoms with Gasteiger partial charge >= 0.3 is 0 Å². The van der Waals surface area contributed by atoms with E-state index in [-0.39, 0.29) is 4.90 Å². The average Bonchev–Trinajstić information content (AvgIpc) is 3.21. The van der Waals surface area contributed by atoms with Crippen molar-refractivity contribution in [2.75, 3.05) is 11.6 Å². The molecule has 0 fully saturated rings. The molecule has 0 atom stereocenters. The van der Waals surface area contributed by atoms with Crippen LogP contribution < -0.4 is 5.32 Å². The lowest BCUT2D eigenvalue weighted by Crippen LogP contribution is -2.26. The highest BCUT2D eigenvalue weighted by molar-refractivity contribution is 9.10. The number of aryl methyl sites for hydroxylation is 1. The van der Waals surface area contributed by atoms with Crippen LogP contribution in [0.15, 0.2) is 70.4 Å². The van der Waals surface area contributed by atoms with Gasteiger partial charge in [-0.3, -0.25) is 9.67 Å². The monoisotopic (exact) mass is 579 g/mol. The van der Waals surface area contributed by atoms with E-state index < -0.39 is 15.4 Å². The summed E-state index contributed by atoms with van der Waals surface area (Å²) in [5.74, 6) is 0.603. The van der Waals surface area contributed by atoms with Crippen molar-refractivity contribution < 1.29 is 13.5 Å². The van der Waals surface area contributed by atoms with Gasteiger partial charge in [0.25, 0.3) is 0 Å². The third-order valence-electron chi connectivity index (χ3n) is 6.17. The van der Waals surface area contributed by atoms with Crippen molar-refractivity contribution in [2.45, 2.75) is 37.8 Å². The first-order valence-electron chi connectivity index (χ1n) is 11.6. The maximum absolute atomic E-state index is 11.9. The fourth-order valence-corrected chi connectivity index (χ4v) is 5.63. The van der Waals surface area contributed by atoms with Crippen molar-refractivity contribution in [2.24, 2.45) is 0 Å². The molecule has 0 aliphatic rings. The smallest absolute Gasteiger partial charge is 0.175 e. The van der Waals surface area contributed by atoms with E-state index in [0.29, 0.717) is 22.5 Å². The van der Waals surface area contributed by atoms with Crippen molar-refractivity contribution in [3.63, 3.8) is 0 Å². The van der Waals surface area contributed by atoms with Crippen molar-refractivity contribution in [1.29, 1.82) is 0 Å². The SMILES string of the molecule is Cc1c(-c2nccc3cnc(Nc4ccc(S(C)(=O)=O)cc4Br)cc23)ccc2c1cnn2CC(C)(C)O. The molecule has 0 spiro atoms. The summed E-state index contributed by atoms with van der Waals surface area (Å²) in [6.45, 7) is 5.97. The van der Waals surface area contributed by atoms with Crippen LogP contribution in [-0.2, 0) is 16.4 Å². The number of fused-ring (bicyclic) bond motifs is 2. The number of halogens is 1. The number of rotatable bonds is 6. The standard InChI is InChI=1S/C27H26BrN5O3S/c1-16-19(6-8-24-21(16)14-31-33(24)15-27(2,3)34)26-20-12-25(30-13-17(20)9-10-29-26)32-23-7-5-18(11-22(23)28)37(4,35)36/h5-14,34H,15H2,1-4H3,(H,30,32). The molecule has 2 aromatic carbocycles. The summed E-state index contributed by atoms with van der Waals surface area (Å²) >= 11 is 3.46. The zero-order valence-electron chi connectivity index (χ0n) is 20.8. The number of aromatic nitrogens is 4. The van der Waals surface area contributed by atoms with Crippen LogP contribution in [0.2, 0.25) is 0 Å². The van der Waals surface area contributed by atoms with Gasteiger partial charge < -0.3 is 10.4 Å². The molecule has 3 heterocycles. The lowest BCUT2D eigenvalue weighted by Gasteiger charge is -2.18. The second-order valence-electron chi connectivity index (χ2n) is 9.77. The minimum atomic E-state index is -3.31. The Morgan fingerprint density at radius 3 is 2.54 bits per heavy atom. The van der Waals surface area contributed by atoms with Gasteiger partial charge in [0.2, 0.25) is 0 Å². The van der Waals surface area contributed by atoms with E-state index in [1.165, 1.54) is 6.26 Å². The van der Waals surface area contributed by atoms with Crippen LogP contribution in [-0.4, -0.2) is 45.1 Å². The van der Waals surface area contributed by atoms with Gasteiger partial charge in [-0.15, -0.1) is 0 Å². The predicted octanol–water partition coefficient (Wildman–Crippen LogP) is 5.64. The first kappa shape index (κ1) is 25.3. The largest absolute Gasteiger partial charge is 0.389 e. The third kappa shape index (κ3) is 5.09. The van der Waals surface area contributed by atoms with E-state index in [4.69, 9.17) is 4.98 Å². The molecule has 2 N–H and O–H groups in total. The summed E-state index contributed by atoms with van der Waals surface area (Å²) in [4.78, 5) is 9.50. The predicted molar refractivity (Wildman–Crippen MR) is 150 cm³/mol. The molecule has 5 aromatic rings. The molecule has 0 aliphatic carbocycles. The number of pyridine rings is 2. The number of nitrogens with one attached hydrogen (secondary N) is 1. The van der Waals surface area contributed by atoms with Crippen LogP contribution in [0.3, 0.4) is 0 Å². The summed E-state index contributed by atoms with van der Waals surface area (Å²) in [7, 11) is -3.31. The Morgan fingerprint density at radius 1 is 1.05 bits per heavy atom. The number of benzene rings is 2. The second kappa shape index (κ2) is 9.20. The van der Waals surface area contributed by atoms with Crippen LogP contribution in [0, 0.1) is 6.92 Å².